The summed E-state index contributed by atoms with van der Waals surface area (Å²) in [6.45, 7) is 4.85. The van der Waals surface area contributed by atoms with Crippen LogP contribution < -0.4 is 4.74 Å². The zero-order valence-electron chi connectivity index (χ0n) is 6.59. The van der Waals surface area contributed by atoms with E-state index in [0.717, 1.165) is 18.1 Å². The third-order valence-electron chi connectivity index (χ3n) is 1.37. The number of ether oxygens (including phenoxy) is 1. The zero-order chi connectivity index (χ0) is 7.56. The van der Waals surface area contributed by atoms with Crippen LogP contribution in [0.15, 0.2) is 6.07 Å². The van der Waals surface area contributed by atoms with E-state index in [1.807, 2.05) is 24.6 Å². The molecule has 1 aromatic heterocycles. The number of hydrogen-bond acceptors (Lipinski definition) is 2. The second-order valence-corrected chi connectivity index (χ2v) is 2.14. The van der Waals surface area contributed by atoms with Gasteiger partial charge in [0.25, 0.3) is 0 Å². The Labute approximate surface area is 60.6 Å². The van der Waals surface area contributed by atoms with E-state index in [4.69, 9.17) is 4.74 Å². The molecule has 0 N–H and O–H groups in total. The fourth-order valence-electron chi connectivity index (χ4n) is 0.913. The van der Waals surface area contributed by atoms with Crippen LogP contribution in [0.5, 0.6) is 5.88 Å². The summed E-state index contributed by atoms with van der Waals surface area (Å²) in [5.41, 5.74) is 0.999. The van der Waals surface area contributed by atoms with E-state index >= 15 is 0 Å². The molecule has 0 aliphatic rings. The van der Waals surface area contributed by atoms with E-state index < -0.39 is 0 Å². The molecular formula is C7H12N2O. The minimum absolute atomic E-state index is 0.833. The van der Waals surface area contributed by atoms with Crippen molar-refractivity contribution in [2.24, 2.45) is 0 Å². The van der Waals surface area contributed by atoms with Gasteiger partial charge in [0.2, 0.25) is 5.88 Å². The first-order valence-electron chi connectivity index (χ1n) is 3.36. The molecular weight excluding hydrogens is 128 g/mol. The van der Waals surface area contributed by atoms with Crippen molar-refractivity contribution < 1.29 is 4.74 Å². The van der Waals surface area contributed by atoms with Gasteiger partial charge in [-0.05, 0) is 13.8 Å². The molecule has 0 saturated heterocycles. The number of methoxy groups -OCH3 is 1. The molecule has 0 aliphatic carbocycles. The highest BCUT2D eigenvalue weighted by atomic mass is 16.5. The van der Waals surface area contributed by atoms with Gasteiger partial charge >= 0.3 is 0 Å². The highest BCUT2D eigenvalue weighted by Crippen LogP contribution is 2.10. The SMILES string of the molecule is CCn1nc(C)cc1OC. The Kier molecular flexibility index (Phi) is 1.94. The third kappa shape index (κ3) is 1.12. The van der Waals surface area contributed by atoms with Gasteiger partial charge in [0.05, 0.1) is 12.8 Å². The largest absolute Gasteiger partial charge is 0.481 e. The van der Waals surface area contributed by atoms with Gasteiger partial charge in [-0.3, -0.25) is 0 Å². The molecule has 0 spiro atoms. The Morgan fingerprint density at radius 3 is 2.80 bits per heavy atom. The van der Waals surface area contributed by atoms with Crippen molar-refractivity contribution in [1.29, 1.82) is 0 Å². The minimum Gasteiger partial charge on any atom is -0.481 e. The van der Waals surface area contributed by atoms with Crippen molar-refractivity contribution in [3.63, 3.8) is 0 Å². The molecule has 0 amide bonds. The number of aromatic nitrogens is 2. The molecule has 0 unspecified atom stereocenters. The van der Waals surface area contributed by atoms with Gasteiger partial charge in [-0.25, -0.2) is 4.68 Å². The summed E-state index contributed by atoms with van der Waals surface area (Å²) in [5.74, 6) is 0.833. The fraction of sp³-hybridized carbons (Fsp3) is 0.571. The number of nitrogens with zero attached hydrogens (tertiary/aromatic N) is 2. The maximum atomic E-state index is 5.06. The maximum Gasteiger partial charge on any atom is 0.211 e. The monoisotopic (exact) mass is 140 g/mol. The molecule has 0 saturated carbocycles. The smallest absolute Gasteiger partial charge is 0.211 e. The summed E-state index contributed by atoms with van der Waals surface area (Å²) in [5, 5.41) is 4.19. The maximum absolute atomic E-state index is 5.06. The average Bonchev–Trinajstić information content (AvgIpc) is 2.30. The molecule has 1 rings (SSSR count). The van der Waals surface area contributed by atoms with Crippen molar-refractivity contribution in [3.8, 4) is 5.88 Å². The highest BCUT2D eigenvalue weighted by molar-refractivity contribution is 5.14. The van der Waals surface area contributed by atoms with Gasteiger partial charge in [0.1, 0.15) is 0 Å². The summed E-state index contributed by atoms with van der Waals surface area (Å²) < 4.78 is 6.89. The van der Waals surface area contributed by atoms with Crippen molar-refractivity contribution in [2.75, 3.05) is 7.11 Å². The molecule has 0 atom stereocenters. The lowest BCUT2D eigenvalue weighted by atomic mass is 10.5. The predicted molar refractivity (Wildman–Crippen MR) is 39.2 cm³/mol. The molecule has 3 nitrogen and oxygen atoms in total. The number of rotatable bonds is 2. The molecule has 56 valence electrons. The lowest BCUT2D eigenvalue weighted by molar-refractivity contribution is 0.364. The van der Waals surface area contributed by atoms with Crippen LogP contribution in [0.25, 0.3) is 0 Å². The molecule has 0 fully saturated rings. The molecule has 1 heterocycles. The number of aryl methyl sites for hydroxylation is 2. The Morgan fingerprint density at radius 2 is 2.40 bits per heavy atom. The van der Waals surface area contributed by atoms with Crippen molar-refractivity contribution in [3.05, 3.63) is 11.8 Å². The van der Waals surface area contributed by atoms with Crippen LogP contribution in [-0.2, 0) is 6.54 Å². The van der Waals surface area contributed by atoms with Gasteiger partial charge in [-0.1, -0.05) is 0 Å². The van der Waals surface area contributed by atoms with E-state index in [2.05, 4.69) is 5.10 Å². The van der Waals surface area contributed by atoms with E-state index in [9.17, 15) is 0 Å². The summed E-state index contributed by atoms with van der Waals surface area (Å²) in [6, 6.07) is 1.92. The van der Waals surface area contributed by atoms with E-state index in [-0.39, 0.29) is 0 Å². The van der Waals surface area contributed by atoms with Crippen LogP contribution in [0.4, 0.5) is 0 Å². The number of hydrogen-bond donors (Lipinski definition) is 0. The molecule has 0 aromatic carbocycles. The average molecular weight is 140 g/mol. The van der Waals surface area contributed by atoms with Gasteiger partial charge in [-0.2, -0.15) is 5.10 Å². The van der Waals surface area contributed by atoms with Crippen LogP contribution in [0.1, 0.15) is 12.6 Å². The minimum atomic E-state index is 0.833. The summed E-state index contributed by atoms with van der Waals surface area (Å²) in [7, 11) is 1.66. The van der Waals surface area contributed by atoms with Gasteiger partial charge in [-0.15, -0.1) is 0 Å². The molecule has 1 aromatic rings. The van der Waals surface area contributed by atoms with Crippen LogP contribution >= 0.6 is 0 Å². The van der Waals surface area contributed by atoms with Crippen LogP contribution in [0, 0.1) is 6.92 Å². The van der Waals surface area contributed by atoms with Crippen LogP contribution in [0.2, 0.25) is 0 Å². The molecule has 0 aliphatic heterocycles. The Bertz CT molecular complexity index is 196. The molecule has 3 heteroatoms. The van der Waals surface area contributed by atoms with Gasteiger partial charge < -0.3 is 4.74 Å². The van der Waals surface area contributed by atoms with Crippen LogP contribution in [-0.4, -0.2) is 16.9 Å². The van der Waals surface area contributed by atoms with E-state index in [1.165, 1.54) is 0 Å². The van der Waals surface area contributed by atoms with E-state index in [1.54, 1.807) is 7.11 Å². The van der Waals surface area contributed by atoms with Crippen molar-refractivity contribution in [1.82, 2.24) is 9.78 Å². The standard InChI is InChI=1S/C7H12N2O/c1-4-9-7(10-3)5-6(2)8-9/h5H,4H2,1-3H3. The molecule has 10 heavy (non-hydrogen) atoms. The topological polar surface area (TPSA) is 27.1 Å². The Hall–Kier alpha value is -0.990. The second kappa shape index (κ2) is 2.73. The summed E-state index contributed by atoms with van der Waals surface area (Å²) in [4.78, 5) is 0. The normalized spacial score (nSPS) is 9.90. The zero-order valence-corrected chi connectivity index (χ0v) is 6.59. The Balaban J connectivity index is 2.96. The lowest BCUT2D eigenvalue weighted by Gasteiger charge is -1.99. The van der Waals surface area contributed by atoms with Gasteiger partial charge in [0, 0.05) is 12.6 Å². The fourth-order valence-corrected chi connectivity index (χ4v) is 0.913. The second-order valence-electron chi connectivity index (χ2n) is 2.14. The first-order valence-corrected chi connectivity index (χ1v) is 3.36. The van der Waals surface area contributed by atoms with Crippen molar-refractivity contribution in [2.45, 2.75) is 20.4 Å². The molecule has 0 radical (unpaired) electrons. The summed E-state index contributed by atoms with van der Waals surface area (Å²) in [6.07, 6.45) is 0. The lowest BCUT2D eigenvalue weighted by Crippen LogP contribution is -1.99. The van der Waals surface area contributed by atoms with Crippen molar-refractivity contribution >= 4 is 0 Å². The predicted octanol–water partition coefficient (Wildman–Crippen LogP) is 1.22. The van der Waals surface area contributed by atoms with Crippen LogP contribution in [0.3, 0.4) is 0 Å². The first-order chi connectivity index (χ1) is 4.77. The third-order valence-corrected chi connectivity index (χ3v) is 1.37. The highest BCUT2D eigenvalue weighted by Gasteiger charge is 2.00. The van der Waals surface area contributed by atoms with E-state index in [0.29, 0.717) is 0 Å². The molecule has 0 bridgehead atoms. The quantitative estimate of drug-likeness (QED) is 0.617. The first kappa shape index (κ1) is 7.12. The summed E-state index contributed by atoms with van der Waals surface area (Å²) >= 11 is 0. The Morgan fingerprint density at radius 1 is 1.70 bits per heavy atom. The van der Waals surface area contributed by atoms with Gasteiger partial charge in [0.15, 0.2) is 0 Å².